The van der Waals surface area contributed by atoms with Gasteiger partial charge in [0.2, 0.25) is 0 Å². The summed E-state index contributed by atoms with van der Waals surface area (Å²) >= 11 is 1.47. The third-order valence-electron chi connectivity index (χ3n) is 5.78. The third-order valence-corrected chi connectivity index (χ3v) is 6.99. The third kappa shape index (κ3) is 4.65. The number of aromatic nitrogens is 2. The first-order valence-corrected chi connectivity index (χ1v) is 11.9. The van der Waals surface area contributed by atoms with Gasteiger partial charge in [0.05, 0.1) is 23.9 Å². The van der Waals surface area contributed by atoms with Gasteiger partial charge < -0.3 is 14.5 Å². The second kappa shape index (κ2) is 9.32. The van der Waals surface area contributed by atoms with Crippen LogP contribution in [0.3, 0.4) is 0 Å². The second-order valence-corrected chi connectivity index (χ2v) is 9.45. The Balaban J connectivity index is 1.54. The van der Waals surface area contributed by atoms with E-state index < -0.39 is 0 Å². The van der Waals surface area contributed by atoms with Gasteiger partial charge >= 0.3 is 5.97 Å². The molecule has 4 rings (SSSR count). The van der Waals surface area contributed by atoms with E-state index in [1.54, 1.807) is 12.1 Å². The zero-order valence-electron chi connectivity index (χ0n) is 19.0. The normalized spacial score (nSPS) is 14.1. The van der Waals surface area contributed by atoms with E-state index in [2.05, 4.69) is 10.4 Å². The molecule has 1 aliphatic rings. The Bertz CT molecular complexity index is 1140. The zero-order valence-corrected chi connectivity index (χ0v) is 19.8. The molecule has 0 bridgehead atoms. The van der Waals surface area contributed by atoms with Crippen LogP contribution >= 0.6 is 11.3 Å². The fourth-order valence-corrected chi connectivity index (χ4v) is 5.20. The van der Waals surface area contributed by atoms with Crippen molar-refractivity contribution in [2.75, 3.05) is 5.32 Å². The number of furan rings is 1. The molecule has 170 valence electrons. The van der Waals surface area contributed by atoms with Gasteiger partial charge in [-0.05, 0) is 76.6 Å². The van der Waals surface area contributed by atoms with Gasteiger partial charge in [0.25, 0.3) is 5.91 Å². The fourth-order valence-electron chi connectivity index (χ4n) is 3.93. The Kier molecular flexibility index (Phi) is 6.50. The molecule has 32 heavy (non-hydrogen) atoms. The SMILES string of the molecule is CCC(C)OC(=O)c1c(NC(=O)c2ccc(Cn3nc(C)cc3C)o2)sc2c1CCCC2. The van der Waals surface area contributed by atoms with Crippen molar-refractivity contribution in [3.05, 3.63) is 57.1 Å². The number of anilines is 1. The van der Waals surface area contributed by atoms with Crippen LogP contribution in [0.5, 0.6) is 0 Å². The van der Waals surface area contributed by atoms with Crippen LogP contribution in [0.4, 0.5) is 5.00 Å². The molecule has 0 radical (unpaired) electrons. The maximum Gasteiger partial charge on any atom is 0.341 e. The lowest BCUT2D eigenvalue weighted by atomic mass is 9.95. The first-order valence-electron chi connectivity index (χ1n) is 11.1. The highest BCUT2D eigenvalue weighted by Gasteiger charge is 2.28. The predicted octanol–water partition coefficient (Wildman–Crippen LogP) is 5.29. The van der Waals surface area contributed by atoms with E-state index in [1.165, 1.54) is 11.3 Å². The van der Waals surface area contributed by atoms with Gasteiger partial charge in [-0.25, -0.2) is 4.79 Å². The van der Waals surface area contributed by atoms with Crippen molar-refractivity contribution in [2.24, 2.45) is 0 Å². The lowest BCUT2D eigenvalue weighted by Crippen LogP contribution is -2.18. The molecule has 0 saturated heterocycles. The Hall–Kier alpha value is -2.87. The summed E-state index contributed by atoms with van der Waals surface area (Å²) in [5.41, 5.74) is 3.49. The maximum atomic E-state index is 12.9. The van der Waals surface area contributed by atoms with E-state index in [4.69, 9.17) is 9.15 Å². The minimum atomic E-state index is -0.374. The molecule has 0 fully saturated rings. The summed E-state index contributed by atoms with van der Waals surface area (Å²) in [7, 11) is 0. The van der Waals surface area contributed by atoms with Gasteiger partial charge in [-0.15, -0.1) is 11.3 Å². The quantitative estimate of drug-likeness (QED) is 0.489. The molecule has 3 aromatic rings. The molecule has 0 saturated carbocycles. The van der Waals surface area contributed by atoms with Crippen molar-refractivity contribution >= 4 is 28.2 Å². The van der Waals surface area contributed by atoms with E-state index in [0.717, 1.165) is 53.9 Å². The van der Waals surface area contributed by atoms with Crippen molar-refractivity contribution in [3.8, 4) is 0 Å². The van der Waals surface area contributed by atoms with Crippen molar-refractivity contribution < 1.29 is 18.7 Å². The number of thiophene rings is 1. The number of carbonyl (C=O) groups excluding carboxylic acids is 2. The van der Waals surface area contributed by atoms with Crippen LogP contribution in [0.25, 0.3) is 0 Å². The molecule has 0 spiro atoms. The molecular formula is C24H29N3O4S. The summed E-state index contributed by atoms with van der Waals surface area (Å²) in [5, 5.41) is 7.89. The first-order chi connectivity index (χ1) is 15.4. The summed E-state index contributed by atoms with van der Waals surface area (Å²) in [5.74, 6) is 0.108. The highest BCUT2D eigenvalue weighted by Crippen LogP contribution is 2.39. The molecular weight excluding hydrogens is 426 g/mol. The van der Waals surface area contributed by atoms with Gasteiger partial charge in [-0.3, -0.25) is 9.48 Å². The Labute approximate surface area is 191 Å². The number of amides is 1. The summed E-state index contributed by atoms with van der Waals surface area (Å²) in [4.78, 5) is 27.0. The molecule has 1 amide bonds. The van der Waals surface area contributed by atoms with E-state index in [9.17, 15) is 9.59 Å². The number of nitrogens with zero attached hydrogens (tertiary/aromatic N) is 2. The van der Waals surface area contributed by atoms with Crippen molar-refractivity contribution in [1.29, 1.82) is 0 Å². The molecule has 1 aliphatic carbocycles. The Morgan fingerprint density at radius 1 is 1.28 bits per heavy atom. The van der Waals surface area contributed by atoms with E-state index in [-0.39, 0.29) is 23.7 Å². The summed E-state index contributed by atoms with van der Waals surface area (Å²) < 4.78 is 13.2. The van der Waals surface area contributed by atoms with Crippen LogP contribution in [-0.2, 0) is 24.1 Å². The van der Waals surface area contributed by atoms with Gasteiger partial charge in [-0.1, -0.05) is 6.92 Å². The molecule has 8 heteroatoms. The van der Waals surface area contributed by atoms with Crippen molar-refractivity contribution in [2.45, 2.75) is 72.4 Å². The summed E-state index contributed by atoms with van der Waals surface area (Å²) in [6, 6.07) is 5.43. The van der Waals surface area contributed by atoms with Crippen LogP contribution < -0.4 is 5.32 Å². The van der Waals surface area contributed by atoms with Crippen LogP contribution in [0.1, 0.15) is 81.6 Å². The van der Waals surface area contributed by atoms with Crippen LogP contribution in [0, 0.1) is 13.8 Å². The van der Waals surface area contributed by atoms with Crippen LogP contribution in [-0.4, -0.2) is 27.8 Å². The average molecular weight is 456 g/mol. The lowest BCUT2D eigenvalue weighted by molar-refractivity contribution is 0.0335. The Morgan fingerprint density at radius 2 is 2.06 bits per heavy atom. The predicted molar refractivity (Wildman–Crippen MR) is 124 cm³/mol. The standard InChI is InChI=1S/C24H29N3O4S/c1-5-16(4)30-24(29)21-18-8-6-7-9-20(18)32-23(21)25-22(28)19-11-10-17(31-19)13-27-15(3)12-14(2)26-27/h10-12,16H,5-9,13H2,1-4H3,(H,25,28). The number of rotatable bonds is 7. The molecule has 3 heterocycles. The second-order valence-electron chi connectivity index (χ2n) is 8.34. The largest absolute Gasteiger partial charge is 0.459 e. The highest BCUT2D eigenvalue weighted by molar-refractivity contribution is 7.17. The number of hydrogen-bond donors (Lipinski definition) is 1. The number of aryl methyl sites for hydroxylation is 3. The molecule has 7 nitrogen and oxygen atoms in total. The van der Waals surface area contributed by atoms with Gasteiger partial charge in [0.15, 0.2) is 5.76 Å². The topological polar surface area (TPSA) is 86.4 Å². The molecule has 1 atom stereocenters. The van der Waals surface area contributed by atoms with Crippen LogP contribution in [0.15, 0.2) is 22.6 Å². The number of ether oxygens (including phenoxy) is 1. The minimum Gasteiger partial charge on any atom is -0.459 e. The zero-order chi connectivity index (χ0) is 22.8. The average Bonchev–Trinajstić information content (AvgIpc) is 3.45. The number of nitrogens with one attached hydrogen (secondary N) is 1. The van der Waals surface area contributed by atoms with Gasteiger partial charge in [-0.2, -0.15) is 5.10 Å². The maximum absolute atomic E-state index is 12.9. The molecule has 0 aromatic carbocycles. The first kappa shape index (κ1) is 22.3. The molecule has 0 aliphatic heterocycles. The monoisotopic (exact) mass is 455 g/mol. The number of hydrogen-bond acceptors (Lipinski definition) is 6. The number of fused-ring (bicyclic) bond motifs is 1. The minimum absolute atomic E-state index is 0.174. The highest BCUT2D eigenvalue weighted by atomic mass is 32.1. The lowest BCUT2D eigenvalue weighted by Gasteiger charge is -2.15. The number of esters is 1. The molecule has 1 N–H and O–H groups in total. The summed E-state index contributed by atoms with van der Waals surface area (Å²) in [6.07, 6.45) is 4.45. The van der Waals surface area contributed by atoms with Crippen LogP contribution in [0.2, 0.25) is 0 Å². The Morgan fingerprint density at radius 3 is 2.78 bits per heavy atom. The molecule has 1 unspecified atom stereocenters. The van der Waals surface area contributed by atoms with E-state index in [1.807, 2.05) is 38.4 Å². The van der Waals surface area contributed by atoms with E-state index in [0.29, 0.717) is 22.9 Å². The molecule has 3 aromatic heterocycles. The van der Waals surface area contributed by atoms with Gasteiger partial charge in [0.1, 0.15) is 10.8 Å². The number of carbonyl (C=O) groups is 2. The fraction of sp³-hybridized carbons (Fsp3) is 0.458. The van der Waals surface area contributed by atoms with Crippen molar-refractivity contribution in [1.82, 2.24) is 9.78 Å². The van der Waals surface area contributed by atoms with Gasteiger partial charge in [0, 0.05) is 10.6 Å². The van der Waals surface area contributed by atoms with E-state index >= 15 is 0 Å². The summed E-state index contributed by atoms with van der Waals surface area (Å²) in [6.45, 7) is 8.23. The smallest absolute Gasteiger partial charge is 0.341 e. The van der Waals surface area contributed by atoms with Crippen molar-refractivity contribution in [3.63, 3.8) is 0 Å².